The molecule has 0 bridgehead atoms. The zero-order valence-corrected chi connectivity index (χ0v) is 16.1. The van der Waals surface area contributed by atoms with Gasteiger partial charge in [0.15, 0.2) is 0 Å². The first-order valence-electron chi connectivity index (χ1n) is 9.03. The van der Waals surface area contributed by atoms with Crippen molar-refractivity contribution in [2.24, 2.45) is 16.6 Å². The van der Waals surface area contributed by atoms with Gasteiger partial charge in [0.1, 0.15) is 11.7 Å². The predicted octanol–water partition coefficient (Wildman–Crippen LogP) is 2.00. The van der Waals surface area contributed by atoms with Crippen LogP contribution in [0.3, 0.4) is 0 Å². The number of ether oxygens (including phenoxy) is 3. The first-order chi connectivity index (χ1) is 13.5. The normalized spacial score (nSPS) is 18.7. The van der Waals surface area contributed by atoms with Gasteiger partial charge in [-0.25, -0.2) is 4.79 Å². The molecule has 28 heavy (non-hydrogen) atoms. The third-order valence-corrected chi connectivity index (χ3v) is 4.12. The van der Waals surface area contributed by atoms with Crippen LogP contribution in [-0.4, -0.2) is 37.7 Å². The first kappa shape index (κ1) is 21.0. The van der Waals surface area contributed by atoms with E-state index in [2.05, 4.69) is 11.1 Å². The Hall–Kier alpha value is -3.34. The number of hydrogen-bond donors (Lipinski definition) is 1. The minimum atomic E-state index is -1.03. The third-order valence-electron chi connectivity index (χ3n) is 4.12. The molecule has 0 radical (unpaired) electrons. The topological polar surface area (TPSA) is 124 Å². The van der Waals surface area contributed by atoms with E-state index in [4.69, 9.17) is 19.9 Å². The Morgan fingerprint density at radius 2 is 1.89 bits per heavy atom. The van der Waals surface area contributed by atoms with Crippen LogP contribution in [0.4, 0.5) is 0 Å². The molecule has 0 saturated heterocycles. The van der Waals surface area contributed by atoms with E-state index in [-0.39, 0.29) is 37.1 Å². The SMILES string of the molecule is CCOC(=O)C1=C(N)N=C(OCC)C(C(=O)OCC)C1c1cccc(C#N)c1. The monoisotopic (exact) mass is 385 g/mol. The fourth-order valence-corrected chi connectivity index (χ4v) is 3.06. The molecule has 0 saturated carbocycles. The second kappa shape index (κ2) is 9.55. The number of hydrogen-bond acceptors (Lipinski definition) is 8. The highest BCUT2D eigenvalue weighted by atomic mass is 16.5. The van der Waals surface area contributed by atoms with Crippen LogP contribution in [-0.2, 0) is 23.8 Å². The highest BCUT2D eigenvalue weighted by Crippen LogP contribution is 2.39. The Labute approximate surface area is 163 Å². The summed E-state index contributed by atoms with van der Waals surface area (Å²) in [5, 5.41) is 9.25. The van der Waals surface area contributed by atoms with Crippen molar-refractivity contribution < 1.29 is 23.8 Å². The number of nitrogens with zero attached hydrogens (tertiary/aromatic N) is 2. The molecule has 2 rings (SSSR count). The van der Waals surface area contributed by atoms with Crippen LogP contribution >= 0.6 is 0 Å². The van der Waals surface area contributed by atoms with Crippen LogP contribution in [0.5, 0.6) is 0 Å². The van der Waals surface area contributed by atoms with E-state index in [1.54, 1.807) is 45.0 Å². The van der Waals surface area contributed by atoms with Crippen LogP contribution in [0.25, 0.3) is 0 Å². The first-order valence-corrected chi connectivity index (χ1v) is 9.03. The Balaban J connectivity index is 2.70. The molecule has 8 nitrogen and oxygen atoms in total. The minimum Gasteiger partial charge on any atom is -0.480 e. The Kier molecular flexibility index (Phi) is 7.15. The lowest BCUT2D eigenvalue weighted by Gasteiger charge is -2.31. The van der Waals surface area contributed by atoms with E-state index in [0.29, 0.717) is 11.1 Å². The highest BCUT2D eigenvalue weighted by molar-refractivity contribution is 6.04. The summed E-state index contributed by atoms with van der Waals surface area (Å²) >= 11 is 0. The summed E-state index contributed by atoms with van der Waals surface area (Å²) in [4.78, 5) is 29.6. The van der Waals surface area contributed by atoms with Gasteiger partial charge in [-0.05, 0) is 38.5 Å². The highest BCUT2D eigenvalue weighted by Gasteiger charge is 2.45. The average molecular weight is 385 g/mol. The predicted molar refractivity (Wildman–Crippen MR) is 101 cm³/mol. The number of benzene rings is 1. The zero-order valence-electron chi connectivity index (χ0n) is 16.1. The number of esters is 2. The molecule has 0 amide bonds. The number of carbonyl (C=O) groups is 2. The van der Waals surface area contributed by atoms with E-state index >= 15 is 0 Å². The van der Waals surface area contributed by atoms with Crippen LogP contribution < -0.4 is 5.73 Å². The van der Waals surface area contributed by atoms with Crippen molar-refractivity contribution in [3.8, 4) is 6.07 Å². The van der Waals surface area contributed by atoms with E-state index in [0.717, 1.165) is 0 Å². The summed E-state index contributed by atoms with van der Waals surface area (Å²) in [6, 6.07) is 8.65. The van der Waals surface area contributed by atoms with Crippen molar-refractivity contribution in [2.45, 2.75) is 26.7 Å². The maximum Gasteiger partial charge on any atom is 0.338 e. The molecule has 1 aromatic rings. The van der Waals surface area contributed by atoms with Crippen molar-refractivity contribution in [3.63, 3.8) is 0 Å². The van der Waals surface area contributed by atoms with E-state index in [1.165, 1.54) is 0 Å². The Bertz CT molecular complexity index is 854. The van der Waals surface area contributed by atoms with Gasteiger partial charge in [0.2, 0.25) is 5.90 Å². The van der Waals surface area contributed by atoms with Gasteiger partial charge >= 0.3 is 11.9 Å². The van der Waals surface area contributed by atoms with Crippen LogP contribution in [0.15, 0.2) is 40.7 Å². The minimum absolute atomic E-state index is 0.0402. The molecule has 2 atom stereocenters. The van der Waals surface area contributed by atoms with Gasteiger partial charge in [0, 0.05) is 5.92 Å². The second-order valence-electron chi connectivity index (χ2n) is 5.85. The van der Waals surface area contributed by atoms with Gasteiger partial charge in [0.05, 0.1) is 37.0 Å². The molecule has 8 heteroatoms. The third kappa shape index (κ3) is 4.31. The molecule has 0 aromatic heterocycles. The van der Waals surface area contributed by atoms with E-state index in [9.17, 15) is 14.9 Å². The van der Waals surface area contributed by atoms with E-state index in [1.807, 2.05) is 0 Å². The van der Waals surface area contributed by atoms with Crippen molar-refractivity contribution in [2.75, 3.05) is 19.8 Å². The average Bonchev–Trinajstić information content (AvgIpc) is 2.68. The van der Waals surface area contributed by atoms with Crippen LogP contribution in [0.2, 0.25) is 0 Å². The largest absolute Gasteiger partial charge is 0.480 e. The number of nitriles is 1. The smallest absolute Gasteiger partial charge is 0.338 e. The molecule has 148 valence electrons. The lowest BCUT2D eigenvalue weighted by atomic mass is 9.78. The zero-order chi connectivity index (χ0) is 20.7. The lowest BCUT2D eigenvalue weighted by Crippen LogP contribution is -2.40. The molecule has 1 heterocycles. The van der Waals surface area contributed by atoms with Gasteiger partial charge < -0.3 is 19.9 Å². The summed E-state index contributed by atoms with van der Waals surface area (Å²) in [5.41, 5.74) is 7.01. The molecule has 0 spiro atoms. The standard InChI is InChI=1S/C20H23N3O5/c1-4-26-18-16(20(25)28-6-3)14(13-9-7-8-12(10-13)11-21)15(17(22)23-18)19(24)27-5-2/h7-10,14,16H,4-6,22H2,1-3H3. The molecule has 2 unspecified atom stereocenters. The van der Waals surface area contributed by atoms with Crippen molar-refractivity contribution >= 4 is 17.8 Å². The summed E-state index contributed by atoms with van der Waals surface area (Å²) in [5.74, 6) is -3.18. The molecule has 0 fully saturated rings. The molecule has 1 aliphatic rings. The van der Waals surface area contributed by atoms with Crippen molar-refractivity contribution in [1.29, 1.82) is 5.26 Å². The van der Waals surface area contributed by atoms with Gasteiger partial charge in [-0.1, -0.05) is 12.1 Å². The maximum atomic E-state index is 12.8. The van der Waals surface area contributed by atoms with E-state index < -0.39 is 23.8 Å². The van der Waals surface area contributed by atoms with Gasteiger partial charge in [-0.15, -0.1) is 0 Å². The molecule has 0 aliphatic carbocycles. The molecule has 1 aliphatic heterocycles. The Morgan fingerprint density at radius 1 is 1.18 bits per heavy atom. The maximum absolute atomic E-state index is 12.8. The molecule has 1 aromatic carbocycles. The van der Waals surface area contributed by atoms with Crippen molar-refractivity contribution in [1.82, 2.24) is 0 Å². The second-order valence-corrected chi connectivity index (χ2v) is 5.85. The summed E-state index contributed by atoms with van der Waals surface area (Å²) < 4.78 is 15.9. The fraction of sp³-hybridized carbons (Fsp3) is 0.400. The summed E-state index contributed by atoms with van der Waals surface area (Å²) in [6.45, 7) is 5.62. The van der Waals surface area contributed by atoms with Crippen LogP contribution in [0, 0.1) is 17.2 Å². The number of carbonyl (C=O) groups excluding carboxylic acids is 2. The Morgan fingerprint density at radius 3 is 2.50 bits per heavy atom. The van der Waals surface area contributed by atoms with Gasteiger partial charge in [0.25, 0.3) is 0 Å². The van der Waals surface area contributed by atoms with Crippen molar-refractivity contribution in [3.05, 3.63) is 46.8 Å². The number of rotatable bonds is 6. The van der Waals surface area contributed by atoms with Gasteiger partial charge in [-0.2, -0.15) is 10.3 Å². The summed E-state index contributed by atoms with van der Waals surface area (Å²) in [7, 11) is 0. The number of nitrogens with two attached hydrogens (primary N) is 1. The fourth-order valence-electron chi connectivity index (χ4n) is 3.06. The van der Waals surface area contributed by atoms with Gasteiger partial charge in [-0.3, -0.25) is 4.79 Å². The molecule has 2 N–H and O–H groups in total. The lowest BCUT2D eigenvalue weighted by molar-refractivity contribution is -0.146. The number of aliphatic imine (C=N–C) groups is 1. The quantitative estimate of drug-likeness (QED) is 0.743. The molecular weight excluding hydrogens is 362 g/mol. The summed E-state index contributed by atoms with van der Waals surface area (Å²) in [6.07, 6.45) is 0. The molecular formula is C20H23N3O5. The van der Waals surface area contributed by atoms with Crippen LogP contribution in [0.1, 0.15) is 37.8 Å².